The van der Waals surface area contributed by atoms with Crippen LogP contribution in [0.1, 0.15) is 22.8 Å². The number of rotatable bonds is 6. The smallest absolute Gasteiger partial charge is 0.253 e. The van der Waals surface area contributed by atoms with Gasteiger partial charge in [0.05, 0.1) is 7.11 Å². The number of aryl methyl sites for hydroxylation is 1. The van der Waals surface area contributed by atoms with Crippen LogP contribution in [-0.4, -0.2) is 32.2 Å². The number of aliphatic hydroxyl groups excluding tert-OH is 1. The van der Waals surface area contributed by atoms with Crippen molar-refractivity contribution in [3.8, 4) is 5.75 Å². The molecule has 5 heteroatoms. The third-order valence-corrected chi connectivity index (χ3v) is 3.95. The number of nitrogens with zero attached hydrogens (tertiary/aromatic N) is 1. The number of carbonyl (C=O) groups is 1. The molecule has 0 radical (unpaired) electrons. The van der Waals surface area contributed by atoms with Gasteiger partial charge in [-0.3, -0.25) is 4.79 Å². The molecule has 1 amide bonds. The van der Waals surface area contributed by atoms with Gasteiger partial charge in [-0.15, -0.1) is 0 Å². The van der Waals surface area contributed by atoms with E-state index in [4.69, 9.17) is 4.74 Å². The third kappa shape index (κ3) is 4.26. The molecule has 0 heterocycles. The highest BCUT2D eigenvalue weighted by Crippen LogP contribution is 2.20. The van der Waals surface area contributed by atoms with Crippen molar-refractivity contribution in [2.75, 3.05) is 26.1 Å². The van der Waals surface area contributed by atoms with E-state index in [1.807, 2.05) is 38.1 Å². The van der Waals surface area contributed by atoms with E-state index in [0.717, 1.165) is 16.8 Å². The molecule has 2 aromatic rings. The molecule has 24 heavy (non-hydrogen) atoms. The van der Waals surface area contributed by atoms with Crippen molar-refractivity contribution in [2.45, 2.75) is 19.6 Å². The zero-order valence-corrected chi connectivity index (χ0v) is 14.5. The highest BCUT2D eigenvalue weighted by molar-refractivity contribution is 5.82. The zero-order chi connectivity index (χ0) is 17.7. The first kappa shape index (κ1) is 17.8. The molecule has 1 atom stereocenters. The Labute approximate surface area is 142 Å². The molecule has 2 N–H and O–H groups in total. The molecule has 5 nitrogen and oxygen atoms in total. The molecule has 0 aliphatic heterocycles. The second kappa shape index (κ2) is 7.84. The van der Waals surface area contributed by atoms with Crippen LogP contribution in [0, 0.1) is 6.92 Å². The van der Waals surface area contributed by atoms with E-state index in [9.17, 15) is 9.90 Å². The van der Waals surface area contributed by atoms with E-state index in [2.05, 4.69) is 11.4 Å². The lowest BCUT2D eigenvalue weighted by Crippen LogP contribution is -2.29. The topological polar surface area (TPSA) is 61.8 Å². The summed E-state index contributed by atoms with van der Waals surface area (Å²) in [6.45, 7) is 2.38. The number of amides is 1. The predicted molar refractivity (Wildman–Crippen MR) is 95.3 cm³/mol. The summed E-state index contributed by atoms with van der Waals surface area (Å²) in [5.74, 6) is 0.175. The number of ether oxygens (including phenoxy) is 1. The normalized spacial score (nSPS) is 11.7. The highest BCUT2D eigenvalue weighted by Gasteiger charge is 2.17. The lowest BCUT2D eigenvalue weighted by Gasteiger charge is -2.16. The Morgan fingerprint density at radius 3 is 2.62 bits per heavy atom. The minimum atomic E-state index is -1.22. The first-order chi connectivity index (χ1) is 11.4. The summed E-state index contributed by atoms with van der Waals surface area (Å²) in [5.41, 5.74) is 3.73. The fourth-order valence-electron chi connectivity index (χ4n) is 2.40. The van der Waals surface area contributed by atoms with Crippen molar-refractivity contribution < 1.29 is 14.6 Å². The molecular weight excluding hydrogens is 304 g/mol. The number of nitrogens with one attached hydrogen (secondary N) is 1. The molecule has 0 bridgehead atoms. The molecular formula is C19H24N2O3. The lowest BCUT2D eigenvalue weighted by molar-refractivity contribution is -0.129. The Balaban J connectivity index is 2.02. The molecule has 0 fully saturated rings. The summed E-state index contributed by atoms with van der Waals surface area (Å²) in [7, 11) is 5.52. The summed E-state index contributed by atoms with van der Waals surface area (Å²) < 4.78 is 5.11. The Bertz CT molecular complexity index is 714. The van der Waals surface area contributed by atoms with E-state index in [1.165, 1.54) is 0 Å². The predicted octanol–water partition coefficient (Wildman–Crippen LogP) is 2.42. The molecule has 0 saturated carbocycles. The second-order valence-electron chi connectivity index (χ2n) is 5.90. The van der Waals surface area contributed by atoms with Gasteiger partial charge in [-0.05, 0) is 47.9 Å². The molecule has 1 unspecified atom stereocenters. The first-order valence-corrected chi connectivity index (χ1v) is 7.79. The van der Waals surface area contributed by atoms with Crippen molar-refractivity contribution in [1.29, 1.82) is 0 Å². The van der Waals surface area contributed by atoms with Gasteiger partial charge < -0.3 is 20.1 Å². The van der Waals surface area contributed by atoms with Crippen LogP contribution in [0.25, 0.3) is 0 Å². The van der Waals surface area contributed by atoms with Crippen LogP contribution >= 0.6 is 0 Å². The molecule has 0 aromatic heterocycles. The van der Waals surface area contributed by atoms with Crippen LogP contribution in [0.2, 0.25) is 0 Å². The molecule has 2 aromatic carbocycles. The fraction of sp³-hybridized carbons (Fsp3) is 0.316. The van der Waals surface area contributed by atoms with Crippen molar-refractivity contribution in [2.24, 2.45) is 0 Å². The van der Waals surface area contributed by atoms with Gasteiger partial charge in [-0.2, -0.15) is 0 Å². The molecule has 0 aliphatic rings. The van der Waals surface area contributed by atoms with Gasteiger partial charge in [-0.1, -0.05) is 18.2 Å². The van der Waals surface area contributed by atoms with E-state index >= 15 is 0 Å². The van der Waals surface area contributed by atoms with Crippen LogP contribution < -0.4 is 15.0 Å². The standard InChI is InChI=1S/C19H24N2O3/c1-13-10-16(21(2)3)9-8-15(13)12-20-19(23)18(22)14-6-5-7-17(11-14)24-4/h5-11,18,22H,12H2,1-4H3,(H,20,23). The summed E-state index contributed by atoms with van der Waals surface area (Å²) in [4.78, 5) is 14.2. The van der Waals surface area contributed by atoms with E-state index < -0.39 is 12.0 Å². The quantitative estimate of drug-likeness (QED) is 0.855. The van der Waals surface area contributed by atoms with Gasteiger partial charge >= 0.3 is 0 Å². The monoisotopic (exact) mass is 328 g/mol. The van der Waals surface area contributed by atoms with Crippen LogP contribution in [0.5, 0.6) is 5.75 Å². The minimum absolute atomic E-state index is 0.374. The van der Waals surface area contributed by atoms with Crippen molar-refractivity contribution in [3.05, 3.63) is 59.2 Å². The molecule has 2 rings (SSSR count). The Kier molecular flexibility index (Phi) is 5.82. The van der Waals surface area contributed by atoms with Gasteiger partial charge in [-0.25, -0.2) is 0 Å². The largest absolute Gasteiger partial charge is 0.497 e. The molecule has 128 valence electrons. The number of benzene rings is 2. The van der Waals surface area contributed by atoms with Gasteiger partial charge in [0, 0.05) is 26.3 Å². The Morgan fingerprint density at radius 1 is 1.25 bits per heavy atom. The second-order valence-corrected chi connectivity index (χ2v) is 5.90. The SMILES string of the molecule is COc1cccc(C(O)C(=O)NCc2ccc(N(C)C)cc2C)c1. The maximum absolute atomic E-state index is 12.2. The average molecular weight is 328 g/mol. The lowest BCUT2D eigenvalue weighted by atomic mass is 10.1. The third-order valence-electron chi connectivity index (χ3n) is 3.95. The van der Waals surface area contributed by atoms with E-state index in [0.29, 0.717) is 17.9 Å². The average Bonchev–Trinajstić information content (AvgIpc) is 2.59. The number of methoxy groups -OCH3 is 1. The van der Waals surface area contributed by atoms with Crippen LogP contribution in [0.4, 0.5) is 5.69 Å². The first-order valence-electron chi connectivity index (χ1n) is 7.79. The van der Waals surface area contributed by atoms with Crippen LogP contribution in [-0.2, 0) is 11.3 Å². The Morgan fingerprint density at radius 2 is 2.00 bits per heavy atom. The van der Waals surface area contributed by atoms with Gasteiger partial charge in [0.2, 0.25) is 0 Å². The van der Waals surface area contributed by atoms with Crippen molar-refractivity contribution in [3.63, 3.8) is 0 Å². The van der Waals surface area contributed by atoms with Crippen molar-refractivity contribution in [1.82, 2.24) is 5.32 Å². The maximum Gasteiger partial charge on any atom is 0.253 e. The van der Waals surface area contributed by atoms with Gasteiger partial charge in [0.25, 0.3) is 5.91 Å². The van der Waals surface area contributed by atoms with Gasteiger partial charge in [0.15, 0.2) is 6.10 Å². The van der Waals surface area contributed by atoms with Gasteiger partial charge in [0.1, 0.15) is 5.75 Å². The Hall–Kier alpha value is -2.53. The summed E-state index contributed by atoms with van der Waals surface area (Å²) >= 11 is 0. The number of carbonyl (C=O) groups excluding carboxylic acids is 1. The van der Waals surface area contributed by atoms with Crippen LogP contribution in [0.3, 0.4) is 0 Å². The number of hydrogen-bond donors (Lipinski definition) is 2. The van der Waals surface area contributed by atoms with Crippen molar-refractivity contribution >= 4 is 11.6 Å². The number of aliphatic hydroxyl groups is 1. The summed E-state index contributed by atoms with van der Waals surface area (Å²) in [6, 6.07) is 12.9. The summed E-state index contributed by atoms with van der Waals surface area (Å²) in [6.07, 6.45) is -1.22. The highest BCUT2D eigenvalue weighted by atomic mass is 16.5. The van der Waals surface area contributed by atoms with E-state index in [1.54, 1.807) is 31.4 Å². The van der Waals surface area contributed by atoms with Crippen LogP contribution in [0.15, 0.2) is 42.5 Å². The molecule has 0 saturated heterocycles. The zero-order valence-electron chi connectivity index (χ0n) is 14.5. The number of hydrogen-bond acceptors (Lipinski definition) is 4. The fourth-order valence-corrected chi connectivity index (χ4v) is 2.40. The summed E-state index contributed by atoms with van der Waals surface area (Å²) in [5, 5.41) is 13.0. The molecule has 0 aliphatic carbocycles. The minimum Gasteiger partial charge on any atom is -0.497 e. The van der Waals surface area contributed by atoms with E-state index in [-0.39, 0.29) is 0 Å². The maximum atomic E-state index is 12.2. The molecule has 0 spiro atoms. The number of anilines is 1.